The number of carbonyl (C=O) groups excluding carboxylic acids is 1. The SMILES string of the molecule is CC(=Cc1ccccc1)C(=O)NCc1cccc(CNc2cc(-c3ccccc3Cl)nc3c(Br)cnn23)c1. The van der Waals surface area contributed by atoms with Gasteiger partial charge in [-0.15, -0.1) is 0 Å². The van der Waals surface area contributed by atoms with Crippen LogP contribution in [-0.4, -0.2) is 20.5 Å². The fourth-order valence-electron chi connectivity index (χ4n) is 4.10. The number of nitrogens with one attached hydrogen (secondary N) is 2. The highest BCUT2D eigenvalue weighted by Gasteiger charge is 2.13. The summed E-state index contributed by atoms with van der Waals surface area (Å²) in [7, 11) is 0. The minimum Gasteiger partial charge on any atom is -0.366 e. The molecule has 0 aliphatic rings. The molecule has 38 heavy (non-hydrogen) atoms. The predicted octanol–water partition coefficient (Wildman–Crippen LogP) is 7.14. The van der Waals surface area contributed by atoms with Gasteiger partial charge in [0.2, 0.25) is 5.91 Å². The Morgan fingerprint density at radius 2 is 1.71 bits per heavy atom. The summed E-state index contributed by atoms with van der Waals surface area (Å²) in [5, 5.41) is 11.6. The van der Waals surface area contributed by atoms with Crippen LogP contribution in [0.3, 0.4) is 0 Å². The number of rotatable bonds is 8. The number of amides is 1. The first-order chi connectivity index (χ1) is 18.5. The number of anilines is 1. The molecule has 2 N–H and O–H groups in total. The second-order valence-corrected chi connectivity index (χ2v) is 10.1. The number of nitrogens with zero attached hydrogens (tertiary/aromatic N) is 3. The second kappa shape index (κ2) is 11.6. The molecule has 0 atom stereocenters. The van der Waals surface area contributed by atoms with Gasteiger partial charge in [0.15, 0.2) is 5.65 Å². The molecule has 2 heterocycles. The van der Waals surface area contributed by atoms with Gasteiger partial charge in [0.05, 0.1) is 16.4 Å². The quantitative estimate of drug-likeness (QED) is 0.190. The fourth-order valence-corrected chi connectivity index (χ4v) is 4.68. The van der Waals surface area contributed by atoms with E-state index in [0.29, 0.717) is 29.3 Å². The highest BCUT2D eigenvalue weighted by Crippen LogP contribution is 2.30. The topological polar surface area (TPSA) is 71.3 Å². The number of halogens is 2. The van der Waals surface area contributed by atoms with E-state index >= 15 is 0 Å². The summed E-state index contributed by atoms with van der Waals surface area (Å²) in [4.78, 5) is 17.4. The Hall–Kier alpha value is -3.94. The first-order valence-electron chi connectivity index (χ1n) is 12.1. The number of fused-ring (bicyclic) bond motifs is 1. The molecule has 0 aliphatic heterocycles. The van der Waals surface area contributed by atoms with E-state index < -0.39 is 0 Å². The van der Waals surface area contributed by atoms with Gasteiger partial charge in [0, 0.05) is 35.3 Å². The van der Waals surface area contributed by atoms with Gasteiger partial charge in [-0.1, -0.05) is 84.4 Å². The molecule has 0 saturated heterocycles. The Kier molecular flexibility index (Phi) is 7.86. The van der Waals surface area contributed by atoms with Crippen molar-refractivity contribution in [3.05, 3.63) is 123 Å². The zero-order chi connectivity index (χ0) is 26.5. The Balaban J connectivity index is 1.29. The molecule has 0 radical (unpaired) electrons. The van der Waals surface area contributed by atoms with E-state index in [9.17, 15) is 4.79 Å². The lowest BCUT2D eigenvalue weighted by atomic mass is 10.1. The summed E-state index contributed by atoms with van der Waals surface area (Å²) < 4.78 is 2.56. The average molecular weight is 587 g/mol. The summed E-state index contributed by atoms with van der Waals surface area (Å²) in [5.41, 5.74) is 6.05. The van der Waals surface area contributed by atoms with Crippen LogP contribution in [0.1, 0.15) is 23.6 Å². The molecule has 6 nitrogen and oxygen atoms in total. The third kappa shape index (κ3) is 5.96. The van der Waals surface area contributed by atoms with Crippen molar-refractivity contribution in [3.63, 3.8) is 0 Å². The molecule has 3 aromatic carbocycles. The standard InChI is InChI=1S/C30H25BrClN5O/c1-20(14-21-8-3-2-4-9-21)30(38)34-18-23-11-7-10-22(15-23)17-33-28-16-27(24-12-5-6-13-26(24)32)36-29-25(31)19-35-37(28)29/h2-16,19,33H,17-18H2,1H3,(H,34,38). The van der Waals surface area contributed by atoms with Gasteiger partial charge in [-0.05, 0) is 51.7 Å². The van der Waals surface area contributed by atoms with Crippen molar-refractivity contribution in [2.45, 2.75) is 20.0 Å². The number of hydrogen-bond acceptors (Lipinski definition) is 4. The smallest absolute Gasteiger partial charge is 0.247 e. The molecule has 1 amide bonds. The second-order valence-electron chi connectivity index (χ2n) is 8.83. The number of aromatic nitrogens is 3. The van der Waals surface area contributed by atoms with Gasteiger partial charge in [0.25, 0.3) is 0 Å². The van der Waals surface area contributed by atoms with Crippen LogP contribution >= 0.6 is 27.5 Å². The normalized spacial score (nSPS) is 11.5. The molecule has 0 unspecified atom stereocenters. The average Bonchev–Trinajstić information content (AvgIpc) is 3.32. The van der Waals surface area contributed by atoms with Crippen molar-refractivity contribution >= 4 is 51.0 Å². The van der Waals surface area contributed by atoms with Crippen LogP contribution < -0.4 is 10.6 Å². The Bertz CT molecular complexity index is 1630. The summed E-state index contributed by atoms with van der Waals surface area (Å²) in [6.07, 6.45) is 3.61. The molecular formula is C30H25BrClN5O. The summed E-state index contributed by atoms with van der Waals surface area (Å²) in [6, 6.07) is 27.5. The Morgan fingerprint density at radius 3 is 2.50 bits per heavy atom. The van der Waals surface area contributed by atoms with E-state index in [-0.39, 0.29) is 5.91 Å². The first-order valence-corrected chi connectivity index (χ1v) is 13.3. The summed E-state index contributed by atoms with van der Waals surface area (Å²) in [5.74, 6) is 0.698. The number of benzene rings is 3. The molecule has 0 aliphatic carbocycles. The highest BCUT2D eigenvalue weighted by molar-refractivity contribution is 9.10. The monoisotopic (exact) mass is 585 g/mol. The molecule has 8 heteroatoms. The van der Waals surface area contributed by atoms with E-state index in [1.165, 1.54) is 0 Å². The minimum absolute atomic E-state index is 0.0899. The molecule has 2 aromatic heterocycles. The van der Waals surface area contributed by atoms with Crippen LogP contribution in [-0.2, 0) is 17.9 Å². The molecule has 0 spiro atoms. The number of carbonyl (C=O) groups is 1. The third-order valence-corrected chi connectivity index (χ3v) is 6.93. The van der Waals surface area contributed by atoms with Gasteiger partial charge >= 0.3 is 0 Å². The van der Waals surface area contributed by atoms with Gasteiger partial charge in [0.1, 0.15) is 5.82 Å². The zero-order valence-corrected chi connectivity index (χ0v) is 23.0. The maximum absolute atomic E-state index is 12.6. The third-order valence-electron chi connectivity index (χ3n) is 6.04. The van der Waals surface area contributed by atoms with Gasteiger partial charge in [-0.2, -0.15) is 9.61 Å². The molecule has 0 saturated carbocycles. The molecular weight excluding hydrogens is 562 g/mol. The van der Waals surface area contributed by atoms with Gasteiger partial charge in [-0.3, -0.25) is 4.79 Å². The highest BCUT2D eigenvalue weighted by atomic mass is 79.9. The van der Waals surface area contributed by atoms with Crippen LogP contribution in [0.5, 0.6) is 0 Å². The molecule has 5 aromatic rings. The summed E-state index contributed by atoms with van der Waals surface area (Å²) in [6.45, 7) is 2.82. The van der Waals surface area contributed by atoms with Crippen LogP contribution in [0.25, 0.3) is 23.0 Å². The lowest BCUT2D eigenvalue weighted by Crippen LogP contribution is -2.23. The van der Waals surface area contributed by atoms with Gasteiger partial charge < -0.3 is 10.6 Å². The van der Waals surface area contributed by atoms with Crippen LogP contribution in [0, 0.1) is 0 Å². The lowest BCUT2D eigenvalue weighted by molar-refractivity contribution is -0.117. The Morgan fingerprint density at radius 1 is 0.974 bits per heavy atom. The summed E-state index contributed by atoms with van der Waals surface area (Å²) >= 11 is 9.99. The minimum atomic E-state index is -0.0899. The number of hydrogen-bond donors (Lipinski definition) is 2. The van der Waals surface area contributed by atoms with E-state index in [1.54, 1.807) is 10.7 Å². The van der Waals surface area contributed by atoms with Crippen LogP contribution in [0.2, 0.25) is 5.02 Å². The largest absolute Gasteiger partial charge is 0.366 e. The Labute approximate surface area is 234 Å². The maximum atomic E-state index is 12.6. The van der Waals surface area contributed by atoms with Crippen LogP contribution in [0.15, 0.2) is 101 Å². The van der Waals surface area contributed by atoms with Crippen LogP contribution in [0.4, 0.5) is 5.82 Å². The molecule has 190 valence electrons. The van der Waals surface area contributed by atoms with Crippen molar-refractivity contribution in [1.82, 2.24) is 19.9 Å². The van der Waals surface area contributed by atoms with E-state index in [4.69, 9.17) is 16.6 Å². The zero-order valence-electron chi connectivity index (χ0n) is 20.7. The van der Waals surface area contributed by atoms with Crippen molar-refractivity contribution in [3.8, 4) is 11.3 Å². The van der Waals surface area contributed by atoms with E-state index in [2.05, 4.69) is 37.7 Å². The van der Waals surface area contributed by atoms with Crippen molar-refractivity contribution in [1.29, 1.82) is 0 Å². The van der Waals surface area contributed by atoms with Crippen molar-refractivity contribution in [2.24, 2.45) is 0 Å². The molecule has 0 bridgehead atoms. The van der Waals surface area contributed by atoms with E-state index in [1.807, 2.05) is 91.9 Å². The fraction of sp³-hybridized carbons (Fsp3) is 0.100. The maximum Gasteiger partial charge on any atom is 0.247 e. The lowest BCUT2D eigenvalue weighted by Gasteiger charge is -2.13. The first kappa shape index (κ1) is 25.7. The predicted molar refractivity (Wildman–Crippen MR) is 157 cm³/mol. The molecule has 0 fully saturated rings. The van der Waals surface area contributed by atoms with E-state index in [0.717, 1.165) is 38.2 Å². The van der Waals surface area contributed by atoms with Crippen molar-refractivity contribution in [2.75, 3.05) is 5.32 Å². The molecule has 5 rings (SSSR count). The van der Waals surface area contributed by atoms with Gasteiger partial charge in [-0.25, -0.2) is 4.98 Å². The van der Waals surface area contributed by atoms with Crippen molar-refractivity contribution < 1.29 is 4.79 Å².